The molecule has 2 aromatic carbocycles. The summed E-state index contributed by atoms with van der Waals surface area (Å²) in [7, 11) is 0. The fourth-order valence-corrected chi connectivity index (χ4v) is 3.12. The van der Waals surface area contributed by atoms with E-state index in [4.69, 9.17) is 11.6 Å². The van der Waals surface area contributed by atoms with E-state index in [9.17, 15) is 5.11 Å². The van der Waals surface area contributed by atoms with Crippen LogP contribution in [0.1, 0.15) is 0 Å². The molecule has 3 rings (SSSR count). The summed E-state index contributed by atoms with van der Waals surface area (Å²) >= 11 is 7.64. The van der Waals surface area contributed by atoms with Crippen LogP contribution in [0.5, 0.6) is 5.75 Å². The van der Waals surface area contributed by atoms with E-state index >= 15 is 0 Å². The Morgan fingerprint density at radius 2 is 1.82 bits per heavy atom. The number of thiophene rings is 1. The van der Waals surface area contributed by atoms with Crippen LogP contribution in [0.3, 0.4) is 0 Å². The highest BCUT2D eigenvalue weighted by molar-refractivity contribution is 7.22. The van der Waals surface area contributed by atoms with Gasteiger partial charge in [0, 0.05) is 14.6 Å². The molecule has 0 saturated carbocycles. The summed E-state index contributed by atoms with van der Waals surface area (Å²) in [4.78, 5) is 1.11. The zero-order valence-electron chi connectivity index (χ0n) is 8.85. The highest BCUT2D eigenvalue weighted by atomic mass is 35.5. The van der Waals surface area contributed by atoms with Crippen LogP contribution >= 0.6 is 22.9 Å². The number of hydrogen-bond acceptors (Lipinski definition) is 2. The van der Waals surface area contributed by atoms with Crippen molar-refractivity contribution >= 4 is 33.0 Å². The van der Waals surface area contributed by atoms with E-state index in [2.05, 4.69) is 18.2 Å². The normalized spacial score (nSPS) is 10.9. The molecule has 1 nitrogen and oxygen atoms in total. The summed E-state index contributed by atoms with van der Waals surface area (Å²) in [6.45, 7) is 0. The summed E-state index contributed by atoms with van der Waals surface area (Å²) in [5.41, 5.74) is 0.955. The van der Waals surface area contributed by atoms with E-state index in [1.54, 1.807) is 23.5 Å². The number of fused-ring (bicyclic) bond motifs is 1. The molecular formula is C14H9ClOS. The Morgan fingerprint density at radius 3 is 2.59 bits per heavy atom. The fourth-order valence-electron chi connectivity index (χ4n) is 1.84. The van der Waals surface area contributed by atoms with Crippen LogP contribution in [0.4, 0.5) is 0 Å². The molecule has 3 aromatic rings. The van der Waals surface area contributed by atoms with Crippen LogP contribution in [0.2, 0.25) is 5.02 Å². The van der Waals surface area contributed by atoms with Gasteiger partial charge in [0.2, 0.25) is 0 Å². The number of phenolic OH excluding ortho intramolecular Hbond substituents is 1. The molecular weight excluding hydrogens is 252 g/mol. The van der Waals surface area contributed by atoms with Crippen molar-refractivity contribution in [3.63, 3.8) is 0 Å². The van der Waals surface area contributed by atoms with Crippen molar-refractivity contribution in [2.75, 3.05) is 0 Å². The van der Waals surface area contributed by atoms with E-state index in [1.165, 1.54) is 10.1 Å². The molecule has 0 aliphatic heterocycles. The first-order valence-corrected chi connectivity index (χ1v) is 6.40. The third-order valence-electron chi connectivity index (χ3n) is 2.59. The van der Waals surface area contributed by atoms with Crippen molar-refractivity contribution in [1.29, 1.82) is 0 Å². The van der Waals surface area contributed by atoms with Gasteiger partial charge in [-0.2, -0.15) is 0 Å². The first-order valence-electron chi connectivity index (χ1n) is 5.21. The Kier molecular flexibility index (Phi) is 2.54. The van der Waals surface area contributed by atoms with Gasteiger partial charge in [-0.25, -0.2) is 0 Å². The molecule has 17 heavy (non-hydrogen) atoms. The predicted molar refractivity (Wildman–Crippen MR) is 73.9 cm³/mol. The van der Waals surface area contributed by atoms with Gasteiger partial charge in [0.25, 0.3) is 0 Å². The minimum atomic E-state index is 0.199. The zero-order valence-corrected chi connectivity index (χ0v) is 10.4. The molecule has 84 valence electrons. The lowest BCUT2D eigenvalue weighted by atomic mass is 10.1. The van der Waals surface area contributed by atoms with E-state index in [1.807, 2.05) is 18.2 Å². The molecule has 0 aliphatic carbocycles. The van der Waals surface area contributed by atoms with Gasteiger partial charge in [-0.05, 0) is 41.3 Å². The van der Waals surface area contributed by atoms with Gasteiger partial charge < -0.3 is 5.11 Å². The molecule has 1 aromatic heterocycles. The molecule has 0 unspecified atom stereocenters. The Labute approximate surface area is 108 Å². The van der Waals surface area contributed by atoms with Crippen LogP contribution in [-0.2, 0) is 0 Å². The number of halogens is 1. The highest BCUT2D eigenvalue weighted by Gasteiger charge is 2.06. The molecule has 0 amide bonds. The second-order valence-electron chi connectivity index (χ2n) is 3.85. The lowest BCUT2D eigenvalue weighted by Crippen LogP contribution is -1.73. The molecule has 0 bridgehead atoms. The molecule has 0 saturated heterocycles. The van der Waals surface area contributed by atoms with Crippen molar-refractivity contribution in [3.05, 3.63) is 53.6 Å². The Hall–Kier alpha value is -1.51. The molecule has 1 heterocycles. The minimum absolute atomic E-state index is 0.199. The molecule has 3 heteroatoms. The van der Waals surface area contributed by atoms with Crippen LogP contribution in [0, 0.1) is 0 Å². The molecule has 1 N–H and O–H groups in total. The van der Waals surface area contributed by atoms with Crippen LogP contribution in [0.25, 0.3) is 20.5 Å². The van der Waals surface area contributed by atoms with Crippen molar-refractivity contribution < 1.29 is 5.11 Å². The summed E-state index contributed by atoms with van der Waals surface area (Å²) in [6.07, 6.45) is 0. The van der Waals surface area contributed by atoms with Gasteiger partial charge in [-0.15, -0.1) is 11.3 Å². The number of rotatable bonds is 1. The zero-order chi connectivity index (χ0) is 11.8. The largest absolute Gasteiger partial charge is 0.508 e. The lowest BCUT2D eigenvalue weighted by Gasteiger charge is -1.99. The molecule has 0 aliphatic rings. The van der Waals surface area contributed by atoms with Gasteiger partial charge in [-0.3, -0.25) is 0 Å². The monoisotopic (exact) mass is 260 g/mol. The molecule has 0 atom stereocenters. The van der Waals surface area contributed by atoms with E-state index in [0.29, 0.717) is 5.02 Å². The maximum Gasteiger partial charge on any atom is 0.117 e. The van der Waals surface area contributed by atoms with E-state index in [0.717, 1.165) is 10.4 Å². The van der Waals surface area contributed by atoms with Crippen molar-refractivity contribution in [2.24, 2.45) is 0 Å². The Bertz CT molecular complexity index is 634. The first kappa shape index (κ1) is 10.6. The Morgan fingerprint density at radius 1 is 1.00 bits per heavy atom. The first-order chi connectivity index (χ1) is 8.22. The Balaban J connectivity index is 2.20. The second kappa shape index (κ2) is 4.06. The number of hydrogen-bond donors (Lipinski definition) is 1. The quantitative estimate of drug-likeness (QED) is 0.658. The predicted octanol–water partition coefficient (Wildman–Crippen LogP) is 4.93. The van der Waals surface area contributed by atoms with Gasteiger partial charge in [-0.1, -0.05) is 29.8 Å². The maximum absolute atomic E-state index is 9.55. The van der Waals surface area contributed by atoms with Crippen LogP contribution in [-0.4, -0.2) is 5.11 Å². The summed E-state index contributed by atoms with van der Waals surface area (Å²) < 4.78 is 1.24. The van der Waals surface area contributed by atoms with Gasteiger partial charge in [0.1, 0.15) is 5.75 Å². The summed E-state index contributed by atoms with van der Waals surface area (Å²) in [5.74, 6) is 0.199. The van der Waals surface area contributed by atoms with E-state index in [-0.39, 0.29) is 5.75 Å². The molecule has 0 spiro atoms. The van der Waals surface area contributed by atoms with Gasteiger partial charge in [0.05, 0.1) is 0 Å². The topological polar surface area (TPSA) is 20.2 Å². The molecule has 0 fully saturated rings. The molecule has 0 radical (unpaired) electrons. The fraction of sp³-hybridized carbons (Fsp3) is 0. The number of benzene rings is 2. The summed E-state index contributed by atoms with van der Waals surface area (Å²) in [6, 6.07) is 15.5. The SMILES string of the molecule is Oc1cc(Cl)cc(-c2cc3ccccc3s2)c1. The van der Waals surface area contributed by atoms with E-state index < -0.39 is 0 Å². The van der Waals surface area contributed by atoms with Crippen molar-refractivity contribution in [2.45, 2.75) is 0 Å². The lowest BCUT2D eigenvalue weighted by molar-refractivity contribution is 0.475. The van der Waals surface area contributed by atoms with Crippen LogP contribution < -0.4 is 0 Å². The summed E-state index contributed by atoms with van der Waals surface area (Å²) in [5, 5.41) is 11.3. The third kappa shape index (κ3) is 2.02. The van der Waals surface area contributed by atoms with Gasteiger partial charge >= 0.3 is 0 Å². The maximum atomic E-state index is 9.55. The van der Waals surface area contributed by atoms with Crippen molar-refractivity contribution in [1.82, 2.24) is 0 Å². The third-order valence-corrected chi connectivity index (χ3v) is 3.98. The van der Waals surface area contributed by atoms with Gasteiger partial charge in [0.15, 0.2) is 0 Å². The van der Waals surface area contributed by atoms with Crippen molar-refractivity contribution in [3.8, 4) is 16.2 Å². The van der Waals surface area contributed by atoms with Crippen LogP contribution in [0.15, 0.2) is 48.5 Å². The number of phenols is 1. The second-order valence-corrected chi connectivity index (χ2v) is 5.37. The highest BCUT2D eigenvalue weighted by Crippen LogP contribution is 2.36. The minimum Gasteiger partial charge on any atom is -0.508 e. The smallest absolute Gasteiger partial charge is 0.117 e. The average Bonchev–Trinajstić information content (AvgIpc) is 2.71. The number of aromatic hydroxyl groups is 1. The standard InChI is InChI=1S/C14H9ClOS/c15-11-5-10(6-12(16)8-11)14-7-9-3-1-2-4-13(9)17-14/h1-8,16H. The average molecular weight is 261 g/mol.